The Morgan fingerprint density at radius 2 is 2.00 bits per heavy atom. The van der Waals surface area contributed by atoms with Gasteiger partial charge in [-0.2, -0.15) is 11.3 Å². The molecule has 2 aromatic rings. The van der Waals surface area contributed by atoms with Crippen molar-refractivity contribution in [2.45, 2.75) is 19.1 Å². The Hall–Kier alpha value is -1.65. The first kappa shape index (κ1) is 12.4. The van der Waals surface area contributed by atoms with Crippen molar-refractivity contribution in [2.75, 3.05) is 6.54 Å². The number of hydrogen-bond acceptors (Lipinski definition) is 3. The van der Waals surface area contributed by atoms with Crippen molar-refractivity contribution in [3.8, 4) is 0 Å². The van der Waals surface area contributed by atoms with Crippen LogP contribution in [0.4, 0.5) is 0 Å². The smallest absolute Gasteiger partial charge is 0.245 e. The first-order chi connectivity index (χ1) is 9.31. The standard InChI is InChI=1S/C15H16N2OS/c1-2-17-14(12-8-9-19-10-12)16-13(15(17)18)11-6-4-3-5-7-11/h3-10,13-14,16H,2H2,1H3. The molecule has 1 N–H and O–H groups in total. The van der Waals surface area contributed by atoms with Gasteiger partial charge in [-0.15, -0.1) is 0 Å². The Bertz CT molecular complexity index is 553. The lowest BCUT2D eigenvalue weighted by Crippen LogP contribution is -2.29. The highest BCUT2D eigenvalue weighted by Crippen LogP contribution is 2.32. The Kier molecular flexibility index (Phi) is 3.36. The van der Waals surface area contributed by atoms with E-state index in [1.54, 1.807) is 11.3 Å². The van der Waals surface area contributed by atoms with Gasteiger partial charge in [-0.3, -0.25) is 10.1 Å². The van der Waals surface area contributed by atoms with Crippen molar-refractivity contribution in [1.29, 1.82) is 0 Å². The summed E-state index contributed by atoms with van der Waals surface area (Å²) in [5.74, 6) is 0.157. The number of thiophene rings is 1. The minimum Gasteiger partial charge on any atom is -0.321 e. The third-order valence-corrected chi connectivity index (χ3v) is 4.20. The van der Waals surface area contributed by atoms with Crippen LogP contribution in [0.15, 0.2) is 47.2 Å². The van der Waals surface area contributed by atoms with Crippen LogP contribution >= 0.6 is 11.3 Å². The summed E-state index contributed by atoms with van der Waals surface area (Å²) in [5, 5.41) is 7.59. The molecule has 1 fully saturated rings. The molecule has 3 nitrogen and oxygen atoms in total. The van der Waals surface area contributed by atoms with Crippen LogP contribution in [0.1, 0.15) is 30.3 Å². The van der Waals surface area contributed by atoms with Gasteiger partial charge in [0.1, 0.15) is 12.2 Å². The molecule has 1 aromatic carbocycles. The predicted octanol–water partition coefficient (Wildman–Crippen LogP) is 2.94. The molecule has 2 heterocycles. The van der Waals surface area contributed by atoms with Crippen LogP contribution in [0.5, 0.6) is 0 Å². The highest BCUT2D eigenvalue weighted by Gasteiger charge is 2.39. The summed E-state index contributed by atoms with van der Waals surface area (Å²) in [6.45, 7) is 2.74. The molecule has 4 heteroatoms. The van der Waals surface area contributed by atoms with E-state index in [9.17, 15) is 4.79 Å². The first-order valence-electron chi connectivity index (χ1n) is 6.45. The van der Waals surface area contributed by atoms with Gasteiger partial charge >= 0.3 is 0 Å². The zero-order chi connectivity index (χ0) is 13.2. The van der Waals surface area contributed by atoms with Gasteiger partial charge < -0.3 is 4.90 Å². The fourth-order valence-corrected chi connectivity index (χ4v) is 3.22. The van der Waals surface area contributed by atoms with Crippen LogP contribution in [0, 0.1) is 0 Å². The number of nitrogens with zero attached hydrogens (tertiary/aromatic N) is 1. The molecule has 0 aliphatic carbocycles. The molecule has 0 radical (unpaired) electrons. The average Bonchev–Trinajstić information content (AvgIpc) is 3.07. The molecule has 0 spiro atoms. The molecule has 19 heavy (non-hydrogen) atoms. The minimum absolute atomic E-state index is 0.00560. The zero-order valence-corrected chi connectivity index (χ0v) is 11.6. The summed E-state index contributed by atoms with van der Waals surface area (Å²) in [6, 6.07) is 11.8. The molecule has 0 bridgehead atoms. The lowest BCUT2D eigenvalue weighted by atomic mass is 10.1. The number of carbonyl (C=O) groups is 1. The molecule has 1 aliphatic heterocycles. The van der Waals surface area contributed by atoms with Crippen LogP contribution in [0.2, 0.25) is 0 Å². The van der Waals surface area contributed by atoms with Gasteiger partial charge in [-0.05, 0) is 34.9 Å². The number of rotatable bonds is 3. The molecule has 0 saturated carbocycles. The summed E-state index contributed by atoms with van der Waals surface area (Å²) in [6.07, 6.45) is -0.00560. The van der Waals surface area contributed by atoms with Gasteiger partial charge in [0.05, 0.1) is 0 Å². The summed E-state index contributed by atoms with van der Waals surface area (Å²) < 4.78 is 0. The lowest BCUT2D eigenvalue weighted by Gasteiger charge is -2.21. The van der Waals surface area contributed by atoms with Crippen LogP contribution < -0.4 is 5.32 Å². The maximum atomic E-state index is 12.5. The topological polar surface area (TPSA) is 32.3 Å². The van der Waals surface area contributed by atoms with E-state index in [0.717, 1.165) is 12.1 Å². The van der Waals surface area contributed by atoms with Crippen LogP contribution in [0.25, 0.3) is 0 Å². The summed E-state index contributed by atoms with van der Waals surface area (Å²) in [7, 11) is 0. The van der Waals surface area contributed by atoms with Gasteiger partial charge in [0.2, 0.25) is 5.91 Å². The normalized spacial score (nSPS) is 23.0. The molecular weight excluding hydrogens is 256 g/mol. The summed E-state index contributed by atoms with van der Waals surface area (Å²) >= 11 is 1.66. The summed E-state index contributed by atoms with van der Waals surface area (Å²) in [4.78, 5) is 14.4. The number of amides is 1. The van der Waals surface area contributed by atoms with Crippen LogP contribution in [-0.2, 0) is 4.79 Å². The van der Waals surface area contributed by atoms with Gasteiger partial charge in [0, 0.05) is 6.54 Å². The van der Waals surface area contributed by atoms with Gasteiger partial charge in [0.25, 0.3) is 0 Å². The molecule has 2 atom stereocenters. The number of carbonyl (C=O) groups excluding carboxylic acids is 1. The Labute approximate surface area is 116 Å². The fourth-order valence-electron chi connectivity index (χ4n) is 2.54. The van der Waals surface area contributed by atoms with E-state index in [-0.39, 0.29) is 18.1 Å². The highest BCUT2D eigenvalue weighted by atomic mass is 32.1. The average molecular weight is 272 g/mol. The number of benzene rings is 1. The van der Waals surface area contributed by atoms with E-state index in [1.807, 2.05) is 47.5 Å². The maximum absolute atomic E-state index is 12.5. The van der Waals surface area contributed by atoms with Crippen molar-refractivity contribution in [3.05, 3.63) is 58.3 Å². The Morgan fingerprint density at radius 3 is 2.63 bits per heavy atom. The second kappa shape index (κ2) is 5.15. The molecule has 1 amide bonds. The van der Waals surface area contributed by atoms with Gasteiger partial charge in [-0.1, -0.05) is 30.3 Å². The number of hydrogen-bond donors (Lipinski definition) is 1. The molecule has 1 aliphatic rings. The second-order valence-electron chi connectivity index (χ2n) is 4.59. The molecular formula is C15H16N2OS. The van der Waals surface area contributed by atoms with Crippen molar-refractivity contribution in [2.24, 2.45) is 0 Å². The highest BCUT2D eigenvalue weighted by molar-refractivity contribution is 7.07. The monoisotopic (exact) mass is 272 g/mol. The molecule has 1 saturated heterocycles. The van der Waals surface area contributed by atoms with Gasteiger partial charge in [-0.25, -0.2) is 0 Å². The number of nitrogens with one attached hydrogen (secondary N) is 1. The molecule has 2 unspecified atom stereocenters. The van der Waals surface area contributed by atoms with Gasteiger partial charge in [0.15, 0.2) is 0 Å². The zero-order valence-electron chi connectivity index (χ0n) is 10.7. The summed E-state index contributed by atoms with van der Waals surface area (Å²) in [5.41, 5.74) is 2.20. The van der Waals surface area contributed by atoms with E-state index in [2.05, 4.69) is 16.8 Å². The number of likely N-dealkylation sites (N-methyl/N-ethyl adjacent to an activating group) is 1. The first-order valence-corrected chi connectivity index (χ1v) is 7.39. The Balaban J connectivity index is 1.92. The van der Waals surface area contributed by atoms with Crippen molar-refractivity contribution < 1.29 is 4.79 Å². The maximum Gasteiger partial charge on any atom is 0.245 e. The van der Waals surface area contributed by atoms with E-state index in [1.165, 1.54) is 5.56 Å². The fraction of sp³-hybridized carbons (Fsp3) is 0.267. The minimum atomic E-state index is -0.231. The quantitative estimate of drug-likeness (QED) is 0.931. The Morgan fingerprint density at radius 1 is 1.21 bits per heavy atom. The van der Waals surface area contributed by atoms with Crippen molar-refractivity contribution >= 4 is 17.2 Å². The molecule has 1 aromatic heterocycles. The van der Waals surface area contributed by atoms with Crippen molar-refractivity contribution in [1.82, 2.24) is 10.2 Å². The third kappa shape index (κ3) is 2.17. The van der Waals surface area contributed by atoms with Crippen molar-refractivity contribution in [3.63, 3.8) is 0 Å². The molecule has 3 rings (SSSR count). The molecule has 98 valence electrons. The van der Waals surface area contributed by atoms with E-state index < -0.39 is 0 Å². The van der Waals surface area contributed by atoms with Crippen LogP contribution in [-0.4, -0.2) is 17.4 Å². The van der Waals surface area contributed by atoms with Crippen LogP contribution in [0.3, 0.4) is 0 Å². The van der Waals surface area contributed by atoms with E-state index >= 15 is 0 Å². The predicted molar refractivity (Wildman–Crippen MR) is 76.8 cm³/mol. The lowest BCUT2D eigenvalue weighted by molar-refractivity contribution is -0.130. The van der Waals surface area contributed by atoms with E-state index in [0.29, 0.717) is 0 Å². The second-order valence-corrected chi connectivity index (χ2v) is 5.37. The third-order valence-electron chi connectivity index (χ3n) is 3.50. The largest absolute Gasteiger partial charge is 0.321 e. The SMILES string of the molecule is CCN1C(=O)C(c2ccccc2)NC1c1ccsc1. The van der Waals surface area contributed by atoms with E-state index in [4.69, 9.17) is 0 Å².